The quantitative estimate of drug-likeness (QED) is 0.754. The largest absolute Gasteiger partial charge is 0.320 e. The summed E-state index contributed by atoms with van der Waals surface area (Å²) in [4.78, 5) is 0. The third kappa shape index (κ3) is 2.77. The first-order valence-electron chi connectivity index (χ1n) is 4.72. The van der Waals surface area contributed by atoms with Crippen molar-refractivity contribution in [3.63, 3.8) is 0 Å². The normalized spacial score (nSPS) is 13.3. The van der Waals surface area contributed by atoms with Crippen LogP contribution < -0.4 is 4.72 Å². The molecular weight excluding hydrogens is 230 g/mol. The van der Waals surface area contributed by atoms with Crippen LogP contribution in [0.3, 0.4) is 0 Å². The molecule has 0 amide bonds. The van der Waals surface area contributed by atoms with Crippen LogP contribution in [0.25, 0.3) is 0 Å². The Morgan fingerprint density at radius 2 is 2.38 bits per heavy atom. The van der Waals surface area contributed by atoms with Gasteiger partial charge in [-0.2, -0.15) is 5.26 Å². The summed E-state index contributed by atoms with van der Waals surface area (Å²) in [6.07, 6.45) is 1.73. The van der Waals surface area contributed by atoms with Crippen molar-refractivity contribution in [1.29, 1.82) is 5.26 Å². The Bertz CT molecular complexity index is 487. The fraction of sp³-hybridized carbons (Fsp3) is 0.625. The molecule has 0 aliphatic heterocycles. The van der Waals surface area contributed by atoms with Gasteiger partial charge in [-0.25, -0.2) is 13.1 Å². The highest BCUT2D eigenvalue weighted by atomic mass is 32.2. The first kappa shape index (κ1) is 12.6. The van der Waals surface area contributed by atoms with Gasteiger partial charge in [0.05, 0.1) is 12.6 Å². The highest BCUT2D eigenvalue weighted by Gasteiger charge is 2.23. The van der Waals surface area contributed by atoms with Crippen molar-refractivity contribution in [2.24, 2.45) is 7.05 Å². The van der Waals surface area contributed by atoms with Gasteiger partial charge in [-0.15, -0.1) is 10.2 Å². The Morgan fingerprint density at radius 3 is 2.81 bits per heavy atom. The van der Waals surface area contributed by atoms with E-state index in [0.29, 0.717) is 5.82 Å². The number of aryl methyl sites for hydroxylation is 1. The molecule has 0 saturated carbocycles. The van der Waals surface area contributed by atoms with Gasteiger partial charge in [0, 0.05) is 7.05 Å². The van der Waals surface area contributed by atoms with Crippen LogP contribution >= 0.6 is 0 Å². The maximum absolute atomic E-state index is 11.6. The molecule has 0 bridgehead atoms. The Labute approximate surface area is 94.2 Å². The molecule has 0 saturated heterocycles. The molecule has 0 radical (unpaired) electrons. The van der Waals surface area contributed by atoms with E-state index in [-0.39, 0.29) is 13.0 Å². The van der Waals surface area contributed by atoms with Gasteiger partial charge in [0.15, 0.2) is 5.25 Å². The Kier molecular flexibility index (Phi) is 3.98. The molecule has 0 aromatic carbocycles. The van der Waals surface area contributed by atoms with E-state index < -0.39 is 15.3 Å². The molecule has 1 aromatic rings. The average Bonchev–Trinajstić information content (AvgIpc) is 2.62. The van der Waals surface area contributed by atoms with Gasteiger partial charge in [0.25, 0.3) is 0 Å². The third-order valence-electron chi connectivity index (χ3n) is 2.13. The van der Waals surface area contributed by atoms with Gasteiger partial charge in [0.1, 0.15) is 12.2 Å². The minimum Gasteiger partial charge on any atom is -0.320 e. The molecule has 1 unspecified atom stereocenters. The van der Waals surface area contributed by atoms with E-state index in [1.54, 1.807) is 24.6 Å². The Balaban J connectivity index is 2.69. The molecule has 1 rings (SSSR count). The predicted molar refractivity (Wildman–Crippen MR) is 56.5 cm³/mol. The summed E-state index contributed by atoms with van der Waals surface area (Å²) in [5, 5.41) is 15.0. The highest BCUT2D eigenvalue weighted by Crippen LogP contribution is 2.03. The van der Waals surface area contributed by atoms with Crippen LogP contribution in [0.1, 0.15) is 19.2 Å². The summed E-state index contributed by atoms with van der Waals surface area (Å²) in [6.45, 7) is 1.69. The predicted octanol–water partition coefficient (Wildman–Crippen LogP) is -0.463. The van der Waals surface area contributed by atoms with Crippen LogP contribution in [0.15, 0.2) is 6.33 Å². The number of nitrogens with one attached hydrogen (secondary N) is 1. The monoisotopic (exact) mass is 243 g/mol. The van der Waals surface area contributed by atoms with Crippen LogP contribution in [-0.4, -0.2) is 28.4 Å². The number of sulfonamides is 1. The van der Waals surface area contributed by atoms with Crippen LogP contribution in [-0.2, 0) is 23.6 Å². The Hall–Kier alpha value is -1.46. The standard InChI is InChI=1S/C8H13N5O2S/c1-3-7(4-9)16(14,15)11-5-8-12-10-6-13(8)2/h6-7,11H,3,5H2,1-2H3. The van der Waals surface area contributed by atoms with E-state index in [1.165, 1.54) is 6.33 Å². The van der Waals surface area contributed by atoms with Crippen molar-refractivity contribution in [3.05, 3.63) is 12.2 Å². The maximum Gasteiger partial charge on any atom is 0.228 e. The number of hydrogen-bond acceptors (Lipinski definition) is 5. The van der Waals surface area contributed by atoms with Gasteiger partial charge >= 0.3 is 0 Å². The fourth-order valence-corrected chi connectivity index (χ4v) is 2.22. The molecule has 0 aliphatic carbocycles. The number of nitrogens with zero attached hydrogens (tertiary/aromatic N) is 4. The van der Waals surface area contributed by atoms with Crippen LogP contribution in [0.4, 0.5) is 0 Å². The zero-order chi connectivity index (χ0) is 12.2. The molecule has 1 N–H and O–H groups in total. The second kappa shape index (κ2) is 5.05. The minimum absolute atomic E-state index is 0.0387. The first-order valence-corrected chi connectivity index (χ1v) is 6.27. The maximum atomic E-state index is 11.6. The molecule has 0 aliphatic rings. The van der Waals surface area contributed by atoms with E-state index in [4.69, 9.17) is 5.26 Å². The van der Waals surface area contributed by atoms with E-state index in [2.05, 4.69) is 14.9 Å². The summed E-state index contributed by atoms with van der Waals surface area (Å²) < 4.78 is 27.2. The molecule has 1 atom stereocenters. The van der Waals surface area contributed by atoms with E-state index in [1.807, 2.05) is 0 Å². The van der Waals surface area contributed by atoms with Crippen LogP contribution in [0.2, 0.25) is 0 Å². The minimum atomic E-state index is -3.61. The topological polar surface area (TPSA) is 101 Å². The van der Waals surface area contributed by atoms with Gasteiger partial charge in [-0.1, -0.05) is 6.92 Å². The summed E-state index contributed by atoms with van der Waals surface area (Å²) in [7, 11) is -1.89. The lowest BCUT2D eigenvalue weighted by molar-refractivity contribution is 0.568. The van der Waals surface area contributed by atoms with Gasteiger partial charge < -0.3 is 4.57 Å². The van der Waals surface area contributed by atoms with Crippen molar-refractivity contribution in [3.8, 4) is 6.07 Å². The summed E-state index contributed by atoms with van der Waals surface area (Å²) in [5.74, 6) is 0.497. The molecule has 0 fully saturated rings. The smallest absolute Gasteiger partial charge is 0.228 e. The van der Waals surface area contributed by atoms with E-state index in [0.717, 1.165) is 0 Å². The molecule has 88 valence electrons. The van der Waals surface area contributed by atoms with Gasteiger partial charge in [-0.3, -0.25) is 0 Å². The summed E-state index contributed by atoms with van der Waals surface area (Å²) >= 11 is 0. The van der Waals surface area contributed by atoms with Gasteiger partial charge in [-0.05, 0) is 6.42 Å². The summed E-state index contributed by atoms with van der Waals surface area (Å²) in [5.41, 5.74) is 0. The zero-order valence-electron chi connectivity index (χ0n) is 9.08. The van der Waals surface area contributed by atoms with E-state index >= 15 is 0 Å². The molecule has 16 heavy (non-hydrogen) atoms. The lowest BCUT2D eigenvalue weighted by atomic mass is 10.4. The molecule has 1 aromatic heterocycles. The second-order valence-corrected chi connectivity index (χ2v) is 5.20. The van der Waals surface area contributed by atoms with Crippen molar-refractivity contribution in [1.82, 2.24) is 19.5 Å². The second-order valence-electron chi connectivity index (χ2n) is 3.25. The lowest BCUT2D eigenvalue weighted by Gasteiger charge is -2.09. The van der Waals surface area contributed by atoms with E-state index in [9.17, 15) is 8.42 Å². The lowest BCUT2D eigenvalue weighted by Crippen LogP contribution is -2.33. The molecule has 1 heterocycles. The van der Waals surface area contributed by atoms with Crippen molar-refractivity contribution in [2.45, 2.75) is 25.1 Å². The molecule has 8 heteroatoms. The number of hydrogen-bond donors (Lipinski definition) is 1. The molecule has 0 spiro atoms. The SMILES string of the molecule is CCC(C#N)S(=O)(=O)NCc1nncn1C. The van der Waals surface area contributed by atoms with Crippen molar-refractivity contribution >= 4 is 10.0 Å². The van der Waals surface area contributed by atoms with Crippen LogP contribution in [0.5, 0.6) is 0 Å². The fourth-order valence-electron chi connectivity index (χ4n) is 1.11. The molecular formula is C8H13N5O2S. The highest BCUT2D eigenvalue weighted by molar-refractivity contribution is 7.90. The number of aromatic nitrogens is 3. The van der Waals surface area contributed by atoms with Crippen molar-refractivity contribution < 1.29 is 8.42 Å². The third-order valence-corrected chi connectivity index (χ3v) is 3.86. The average molecular weight is 243 g/mol. The number of rotatable bonds is 5. The van der Waals surface area contributed by atoms with Crippen LogP contribution in [0, 0.1) is 11.3 Å². The molecule has 7 nitrogen and oxygen atoms in total. The summed E-state index contributed by atoms with van der Waals surface area (Å²) in [6, 6.07) is 1.74. The van der Waals surface area contributed by atoms with Gasteiger partial charge in [0.2, 0.25) is 10.0 Å². The van der Waals surface area contributed by atoms with Crippen molar-refractivity contribution in [2.75, 3.05) is 0 Å². The Morgan fingerprint density at radius 1 is 1.69 bits per heavy atom. The first-order chi connectivity index (χ1) is 7.51. The number of nitriles is 1. The zero-order valence-corrected chi connectivity index (χ0v) is 9.90.